The molecule has 0 atom stereocenters. The average Bonchev–Trinajstić information content (AvgIpc) is 3.32. The second kappa shape index (κ2) is 11.0. The van der Waals surface area contributed by atoms with Crippen LogP contribution in [0.1, 0.15) is 60.8 Å². The van der Waals surface area contributed by atoms with Crippen LogP contribution >= 0.6 is 0 Å². The quantitative estimate of drug-likeness (QED) is 0.258. The van der Waals surface area contributed by atoms with Crippen LogP contribution in [0, 0.1) is 0 Å². The molecule has 1 fully saturated rings. The van der Waals surface area contributed by atoms with Crippen LogP contribution in [0.15, 0.2) is 60.7 Å². The lowest BCUT2D eigenvalue weighted by atomic mass is 9.87. The van der Waals surface area contributed by atoms with Gasteiger partial charge in [-0.25, -0.2) is 0 Å². The number of aromatic nitrogens is 1. The topological polar surface area (TPSA) is 37.5 Å². The molecule has 0 spiro atoms. The first-order valence-corrected chi connectivity index (χ1v) is 13.4. The molecule has 0 unspecified atom stereocenters. The van der Waals surface area contributed by atoms with Crippen molar-refractivity contribution in [1.29, 1.82) is 0 Å². The summed E-state index contributed by atoms with van der Waals surface area (Å²) in [5, 5.41) is 1.23. The van der Waals surface area contributed by atoms with Crippen LogP contribution in [0.3, 0.4) is 0 Å². The smallest absolute Gasteiger partial charge is 0.416 e. The molecule has 1 aliphatic heterocycles. The molecule has 1 saturated heterocycles. The van der Waals surface area contributed by atoms with Crippen molar-refractivity contribution in [3.05, 3.63) is 82.9 Å². The molecule has 0 saturated carbocycles. The summed E-state index contributed by atoms with van der Waals surface area (Å²) in [6.45, 7) is 6.69. The SMILES string of the molecule is COc1ccc(-c2[nH]c3ccc(C4CCN(Cc5cccc(C(F)(F)F)c5)CC4)cc3c2C(C)C)cc1OC. The largest absolute Gasteiger partial charge is 0.493 e. The van der Waals surface area contributed by atoms with Crippen molar-refractivity contribution in [2.75, 3.05) is 27.3 Å². The Morgan fingerprint density at radius 2 is 1.67 bits per heavy atom. The molecular weight excluding hydrogens is 501 g/mol. The molecule has 2 heterocycles. The number of rotatable bonds is 7. The van der Waals surface area contributed by atoms with Gasteiger partial charge in [-0.3, -0.25) is 4.90 Å². The van der Waals surface area contributed by atoms with Gasteiger partial charge in [-0.2, -0.15) is 13.2 Å². The minimum Gasteiger partial charge on any atom is -0.493 e. The summed E-state index contributed by atoms with van der Waals surface area (Å²) in [5.74, 6) is 2.13. The van der Waals surface area contributed by atoms with Crippen molar-refractivity contribution in [1.82, 2.24) is 9.88 Å². The molecule has 0 bridgehead atoms. The van der Waals surface area contributed by atoms with E-state index in [1.165, 1.54) is 28.6 Å². The number of fused-ring (bicyclic) bond motifs is 1. The van der Waals surface area contributed by atoms with E-state index in [-0.39, 0.29) is 0 Å². The first-order valence-electron chi connectivity index (χ1n) is 13.4. The second-order valence-electron chi connectivity index (χ2n) is 10.7. The first-order chi connectivity index (χ1) is 18.7. The summed E-state index contributed by atoms with van der Waals surface area (Å²) in [6.07, 6.45) is -2.35. The number of aromatic amines is 1. The van der Waals surface area contributed by atoms with E-state index >= 15 is 0 Å². The summed E-state index contributed by atoms with van der Waals surface area (Å²) < 4.78 is 50.3. The summed E-state index contributed by atoms with van der Waals surface area (Å²) in [4.78, 5) is 5.90. The maximum absolute atomic E-state index is 13.1. The molecule has 39 heavy (non-hydrogen) atoms. The normalized spacial score (nSPS) is 15.3. The number of alkyl halides is 3. The fourth-order valence-electron chi connectivity index (χ4n) is 5.83. The van der Waals surface area contributed by atoms with E-state index in [1.54, 1.807) is 20.3 Å². The summed E-state index contributed by atoms with van der Waals surface area (Å²) >= 11 is 0. The summed E-state index contributed by atoms with van der Waals surface area (Å²) in [5.41, 5.74) is 5.98. The summed E-state index contributed by atoms with van der Waals surface area (Å²) in [7, 11) is 3.28. The van der Waals surface area contributed by atoms with Crippen LogP contribution in [-0.2, 0) is 12.7 Å². The maximum Gasteiger partial charge on any atom is 0.416 e. The highest BCUT2D eigenvalue weighted by Gasteiger charge is 2.30. The van der Waals surface area contributed by atoms with Crippen LogP contribution in [-0.4, -0.2) is 37.2 Å². The van der Waals surface area contributed by atoms with Crippen molar-refractivity contribution < 1.29 is 22.6 Å². The van der Waals surface area contributed by atoms with E-state index in [2.05, 4.69) is 48.0 Å². The average molecular weight is 537 g/mol. The fourth-order valence-corrected chi connectivity index (χ4v) is 5.83. The van der Waals surface area contributed by atoms with Gasteiger partial charge < -0.3 is 14.5 Å². The number of likely N-dealkylation sites (tertiary alicyclic amines) is 1. The molecule has 4 nitrogen and oxygen atoms in total. The standard InChI is InChI=1S/C32H35F3N2O2/c1-20(2)30-26-17-23(8-10-27(26)36-31(30)24-9-11-28(38-3)29(18-24)39-4)22-12-14-37(15-13-22)19-21-6-5-7-25(16-21)32(33,34)35/h5-11,16-18,20,22,36H,12-15,19H2,1-4H3. The van der Waals surface area contributed by atoms with Gasteiger partial charge in [0.25, 0.3) is 0 Å². The Kier molecular flexibility index (Phi) is 7.63. The highest BCUT2D eigenvalue weighted by Crippen LogP contribution is 2.40. The van der Waals surface area contributed by atoms with Crippen LogP contribution in [0.2, 0.25) is 0 Å². The predicted molar refractivity (Wildman–Crippen MR) is 150 cm³/mol. The van der Waals surface area contributed by atoms with E-state index in [9.17, 15) is 13.2 Å². The lowest BCUT2D eigenvalue weighted by Gasteiger charge is -2.32. The number of halogens is 3. The zero-order valence-corrected chi connectivity index (χ0v) is 22.9. The number of benzene rings is 3. The van der Waals surface area contributed by atoms with Crippen LogP contribution < -0.4 is 9.47 Å². The maximum atomic E-state index is 13.1. The Morgan fingerprint density at radius 1 is 0.923 bits per heavy atom. The van der Waals surface area contributed by atoms with E-state index in [0.29, 0.717) is 35.4 Å². The molecule has 3 aromatic carbocycles. The van der Waals surface area contributed by atoms with Crippen molar-refractivity contribution in [2.24, 2.45) is 0 Å². The number of nitrogens with one attached hydrogen (secondary N) is 1. The highest BCUT2D eigenvalue weighted by molar-refractivity contribution is 5.92. The van der Waals surface area contributed by atoms with Crippen molar-refractivity contribution in [3.63, 3.8) is 0 Å². The monoisotopic (exact) mass is 536 g/mol. The van der Waals surface area contributed by atoms with Crippen molar-refractivity contribution >= 4 is 10.9 Å². The zero-order chi connectivity index (χ0) is 27.7. The van der Waals surface area contributed by atoms with Gasteiger partial charge >= 0.3 is 6.18 Å². The van der Waals surface area contributed by atoms with Crippen LogP contribution in [0.5, 0.6) is 11.5 Å². The Bertz CT molecular complexity index is 1450. The molecule has 1 N–H and O–H groups in total. The number of H-pyrrole nitrogens is 1. The van der Waals surface area contributed by atoms with Gasteiger partial charge in [-0.05, 0) is 90.9 Å². The fraction of sp³-hybridized carbons (Fsp3) is 0.375. The lowest BCUT2D eigenvalue weighted by molar-refractivity contribution is -0.137. The highest BCUT2D eigenvalue weighted by atomic mass is 19.4. The van der Waals surface area contributed by atoms with E-state index < -0.39 is 11.7 Å². The van der Waals surface area contributed by atoms with Gasteiger partial charge in [-0.1, -0.05) is 38.1 Å². The van der Waals surface area contributed by atoms with Gasteiger partial charge in [0, 0.05) is 23.0 Å². The van der Waals surface area contributed by atoms with Crippen LogP contribution in [0.4, 0.5) is 13.2 Å². The van der Waals surface area contributed by atoms with Gasteiger partial charge in [-0.15, -0.1) is 0 Å². The van der Waals surface area contributed by atoms with Crippen molar-refractivity contribution in [2.45, 2.75) is 51.2 Å². The Hall–Kier alpha value is -3.45. The number of hydrogen-bond acceptors (Lipinski definition) is 3. The number of hydrogen-bond donors (Lipinski definition) is 1. The molecule has 0 aliphatic carbocycles. The third-order valence-electron chi connectivity index (χ3n) is 7.83. The van der Waals surface area contributed by atoms with Gasteiger partial charge in [0.2, 0.25) is 0 Å². The predicted octanol–water partition coefficient (Wildman–Crippen LogP) is 8.37. The number of nitrogens with zero attached hydrogens (tertiary/aromatic N) is 1. The molecule has 7 heteroatoms. The molecule has 4 aromatic rings. The minimum atomic E-state index is -4.31. The molecule has 1 aliphatic rings. The van der Waals surface area contributed by atoms with Gasteiger partial charge in [0.05, 0.1) is 25.5 Å². The van der Waals surface area contributed by atoms with Crippen LogP contribution in [0.25, 0.3) is 22.2 Å². The third kappa shape index (κ3) is 5.64. The second-order valence-corrected chi connectivity index (χ2v) is 10.7. The van der Waals surface area contributed by atoms with Gasteiger partial charge in [0.15, 0.2) is 11.5 Å². The lowest BCUT2D eigenvalue weighted by Crippen LogP contribution is -2.32. The minimum absolute atomic E-state index is 0.311. The number of piperidine rings is 1. The Labute approximate surface area is 227 Å². The number of ether oxygens (including phenoxy) is 2. The van der Waals surface area contributed by atoms with E-state index in [4.69, 9.17) is 9.47 Å². The summed E-state index contributed by atoms with van der Waals surface area (Å²) in [6, 6.07) is 18.4. The van der Waals surface area contributed by atoms with E-state index in [1.807, 2.05) is 12.1 Å². The molecule has 1 aromatic heterocycles. The first kappa shape index (κ1) is 27.1. The molecule has 206 valence electrons. The van der Waals surface area contributed by atoms with E-state index in [0.717, 1.165) is 48.8 Å². The molecule has 5 rings (SSSR count). The number of methoxy groups -OCH3 is 2. The molecule has 0 radical (unpaired) electrons. The zero-order valence-electron chi connectivity index (χ0n) is 22.9. The third-order valence-corrected chi connectivity index (χ3v) is 7.83. The molecular formula is C32H35F3N2O2. The Morgan fingerprint density at radius 3 is 2.33 bits per heavy atom. The Balaban J connectivity index is 1.36. The molecule has 0 amide bonds. The van der Waals surface area contributed by atoms with Gasteiger partial charge in [0.1, 0.15) is 0 Å². The van der Waals surface area contributed by atoms with Crippen molar-refractivity contribution in [3.8, 4) is 22.8 Å².